The number of alkyl halides is 1. The van der Waals surface area contributed by atoms with Crippen molar-refractivity contribution in [2.45, 2.75) is 18.5 Å². The summed E-state index contributed by atoms with van der Waals surface area (Å²) >= 11 is 0. The standard InChI is InChI=1S/C17H27FN8O2/c1-25-4-6-26(7-5-25)13-2-3-20-10-12(13)23-17(27)14(15(19)24-28)16-21-8-11(18)9-22-16/h2-3,10-11,14-16,21-22H,4-9,19H2,1H3,(H,23,27). The second-order valence-corrected chi connectivity index (χ2v) is 7.19. The normalized spacial score (nSPS) is 25.8. The van der Waals surface area contributed by atoms with Crippen LogP contribution in [0.25, 0.3) is 0 Å². The molecule has 2 aliphatic rings. The van der Waals surface area contributed by atoms with E-state index in [2.05, 4.69) is 43.0 Å². The number of pyridine rings is 1. The average molecular weight is 394 g/mol. The molecule has 154 valence electrons. The van der Waals surface area contributed by atoms with Crippen molar-refractivity contribution in [2.24, 2.45) is 16.8 Å². The molecule has 2 unspecified atom stereocenters. The van der Waals surface area contributed by atoms with Crippen molar-refractivity contribution < 1.29 is 9.18 Å². The number of anilines is 2. The summed E-state index contributed by atoms with van der Waals surface area (Å²) in [6.07, 6.45) is 0.253. The van der Waals surface area contributed by atoms with Crippen molar-refractivity contribution in [1.29, 1.82) is 0 Å². The Kier molecular flexibility index (Phi) is 6.83. The molecule has 2 fully saturated rings. The van der Waals surface area contributed by atoms with Crippen molar-refractivity contribution in [1.82, 2.24) is 20.5 Å². The summed E-state index contributed by atoms with van der Waals surface area (Å²) < 4.78 is 13.4. The molecule has 0 aliphatic carbocycles. The van der Waals surface area contributed by atoms with Crippen LogP contribution >= 0.6 is 0 Å². The first-order chi connectivity index (χ1) is 13.5. The van der Waals surface area contributed by atoms with E-state index in [0.29, 0.717) is 5.69 Å². The van der Waals surface area contributed by atoms with Crippen LogP contribution in [0.5, 0.6) is 0 Å². The lowest BCUT2D eigenvalue weighted by molar-refractivity contribution is -0.122. The maximum absolute atomic E-state index is 13.4. The van der Waals surface area contributed by atoms with Crippen LogP contribution < -0.4 is 26.6 Å². The van der Waals surface area contributed by atoms with E-state index in [1.165, 1.54) is 0 Å². The number of likely N-dealkylation sites (N-methyl/N-ethyl adjacent to an activating group) is 1. The number of nitroso groups, excluding NO2 is 1. The van der Waals surface area contributed by atoms with Gasteiger partial charge < -0.3 is 20.9 Å². The Labute approximate surface area is 163 Å². The molecule has 1 aromatic rings. The molecule has 0 bridgehead atoms. The lowest BCUT2D eigenvalue weighted by atomic mass is 9.99. The number of piperazine rings is 1. The lowest BCUT2D eigenvalue weighted by Gasteiger charge is -2.36. The van der Waals surface area contributed by atoms with E-state index in [1.807, 2.05) is 6.07 Å². The van der Waals surface area contributed by atoms with E-state index in [1.54, 1.807) is 12.4 Å². The largest absolute Gasteiger partial charge is 0.367 e. The number of nitrogens with one attached hydrogen (secondary N) is 3. The molecular weight excluding hydrogens is 367 g/mol. The molecule has 2 aliphatic heterocycles. The summed E-state index contributed by atoms with van der Waals surface area (Å²) in [5.74, 6) is -1.47. The van der Waals surface area contributed by atoms with Crippen LogP contribution in [0.2, 0.25) is 0 Å². The summed E-state index contributed by atoms with van der Waals surface area (Å²) in [6, 6.07) is 1.85. The van der Waals surface area contributed by atoms with Crippen LogP contribution in [0, 0.1) is 10.8 Å². The molecule has 10 nitrogen and oxygen atoms in total. The molecule has 3 rings (SSSR count). The average Bonchev–Trinajstić information content (AvgIpc) is 2.70. The third-order valence-electron chi connectivity index (χ3n) is 5.17. The van der Waals surface area contributed by atoms with Crippen molar-refractivity contribution in [3.63, 3.8) is 0 Å². The van der Waals surface area contributed by atoms with E-state index in [9.17, 15) is 14.1 Å². The molecule has 3 heterocycles. The van der Waals surface area contributed by atoms with Gasteiger partial charge in [-0.3, -0.25) is 20.4 Å². The van der Waals surface area contributed by atoms with Crippen LogP contribution in [0.4, 0.5) is 15.8 Å². The molecule has 5 N–H and O–H groups in total. The number of halogens is 1. The molecule has 0 radical (unpaired) electrons. The molecule has 1 amide bonds. The molecule has 11 heteroatoms. The summed E-state index contributed by atoms with van der Waals surface area (Å²) in [5, 5.41) is 11.4. The Morgan fingerprint density at radius 1 is 1.36 bits per heavy atom. The van der Waals surface area contributed by atoms with Crippen molar-refractivity contribution in [3.05, 3.63) is 23.4 Å². The van der Waals surface area contributed by atoms with Gasteiger partial charge in [-0.2, -0.15) is 0 Å². The second-order valence-electron chi connectivity index (χ2n) is 7.19. The van der Waals surface area contributed by atoms with E-state index in [4.69, 9.17) is 5.73 Å². The molecule has 2 saturated heterocycles. The van der Waals surface area contributed by atoms with Crippen LogP contribution in [-0.4, -0.2) is 80.6 Å². The molecule has 1 aromatic heterocycles. The molecule has 0 saturated carbocycles. The van der Waals surface area contributed by atoms with Crippen molar-refractivity contribution >= 4 is 17.3 Å². The first-order valence-electron chi connectivity index (χ1n) is 9.37. The number of carbonyl (C=O) groups is 1. The lowest BCUT2D eigenvalue weighted by Crippen LogP contribution is -2.62. The van der Waals surface area contributed by atoms with Crippen molar-refractivity contribution in [3.8, 4) is 0 Å². The van der Waals surface area contributed by atoms with Gasteiger partial charge in [0.2, 0.25) is 5.91 Å². The van der Waals surface area contributed by atoms with Gasteiger partial charge in [0.1, 0.15) is 12.1 Å². The summed E-state index contributed by atoms with van der Waals surface area (Å²) in [6.45, 7) is 3.63. The molecule has 0 aromatic carbocycles. The third-order valence-corrected chi connectivity index (χ3v) is 5.17. The fourth-order valence-corrected chi connectivity index (χ4v) is 3.50. The summed E-state index contributed by atoms with van der Waals surface area (Å²) in [5.41, 5.74) is 7.19. The van der Waals surface area contributed by atoms with E-state index in [0.717, 1.165) is 31.9 Å². The minimum Gasteiger partial charge on any atom is -0.367 e. The van der Waals surface area contributed by atoms with E-state index in [-0.39, 0.29) is 13.1 Å². The molecule has 28 heavy (non-hydrogen) atoms. The molecule has 0 spiro atoms. The number of carbonyl (C=O) groups excluding carboxylic acids is 1. The SMILES string of the molecule is CN1CCN(c2ccncc2NC(=O)C(C(N)N=O)C2NCC(F)CN2)CC1. The first kappa shape index (κ1) is 20.5. The summed E-state index contributed by atoms with van der Waals surface area (Å²) in [7, 11) is 2.07. The number of rotatable bonds is 6. The van der Waals surface area contributed by atoms with Crippen LogP contribution in [0.1, 0.15) is 0 Å². The van der Waals surface area contributed by atoms with Gasteiger partial charge in [0, 0.05) is 45.5 Å². The highest BCUT2D eigenvalue weighted by molar-refractivity contribution is 5.96. The maximum atomic E-state index is 13.4. The molecular formula is C17H27FN8O2. The topological polar surface area (TPSA) is 128 Å². The number of hydrogen-bond acceptors (Lipinski definition) is 9. The quantitative estimate of drug-likeness (QED) is 0.466. The highest BCUT2D eigenvalue weighted by Gasteiger charge is 2.37. The van der Waals surface area contributed by atoms with Gasteiger partial charge in [0.15, 0.2) is 6.17 Å². The van der Waals surface area contributed by atoms with Gasteiger partial charge in [0.05, 0.1) is 23.7 Å². The fraction of sp³-hybridized carbons (Fsp3) is 0.647. The van der Waals surface area contributed by atoms with Gasteiger partial charge in [-0.1, -0.05) is 5.18 Å². The first-order valence-corrected chi connectivity index (χ1v) is 9.37. The minimum atomic E-state index is -1.27. The van der Waals surface area contributed by atoms with Gasteiger partial charge in [-0.05, 0) is 13.1 Å². The zero-order chi connectivity index (χ0) is 20.1. The number of amides is 1. The van der Waals surface area contributed by atoms with Crippen LogP contribution in [0.3, 0.4) is 0 Å². The Balaban J connectivity index is 1.75. The molecule has 2 atom stereocenters. The zero-order valence-corrected chi connectivity index (χ0v) is 15.8. The van der Waals surface area contributed by atoms with E-state index < -0.39 is 30.3 Å². The Morgan fingerprint density at radius 3 is 2.68 bits per heavy atom. The van der Waals surface area contributed by atoms with E-state index >= 15 is 0 Å². The highest BCUT2D eigenvalue weighted by atomic mass is 19.1. The zero-order valence-electron chi connectivity index (χ0n) is 15.8. The number of hydrogen-bond donors (Lipinski definition) is 4. The minimum absolute atomic E-state index is 0.0759. The highest BCUT2D eigenvalue weighted by Crippen LogP contribution is 2.26. The second kappa shape index (κ2) is 9.32. The van der Waals surface area contributed by atoms with Gasteiger partial charge in [-0.25, -0.2) is 4.39 Å². The third kappa shape index (κ3) is 4.79. The van der Waals surface area contributed by atoms with Gasteiger partial charge >= 0.3 is 0 Å². The van der Waals surface area contributed by atoms with Gasteiger partial charge in [0.25, 0.3) is 0 Å². The maximum Gasteiger partial charge on any atom is 0.234 e. The van der Waals surface area contributed by atoms with Crippen molar-refractivity contribution in [2.75, 3.05) is 56.5 Å². The monoisotopic (exact) mass is 394 g/mol. The van der Waals surface area contributed by atoms with Gasteiger partial charge in [-0.15, -0.1) is 4.91 Å². The Hall–Kier alpha value is -2.21. The Morgan fingerprint density at radius 2 is 2.04 bits per heavy atom. The Bertz CT molecular complexity index is 677. The fourth-order valence-electron chi connectivity index (χ4n) is 3.50. The summed E-state index contributed by atoms with van der Waals surface area (Å²) in [4.78, 5) is 32.5. The number of aromatic nitrogens is 1. The number of nitrogens with two attached hydrogens (primary N) is 1. The van der Waals surface area contributed by atoms with Crippen LogP contribution in [0.15, 0.2) is 23.6 Å². The number of nitrogens with zero attached hydrogens (tertiary/aromatic N) is 4. The predicted octanol–water partition coefficient (Wildman–Crippen LogP) is -0.704. The smallest absolute Gasteiger partial charge is 0.234 e. The predicted molar refractivity (Wildman–Crippen MR) is 105 cm³/mol. The van der Waals surface area contributed by atoms with Crippen LogP contribution in [-0.2, 0) is 4.79 Å².